The molecular weight excluding hydrogens is 308 g/mol. The van der Waals surface area contributed by atoms with E-state index in [4.69, 9.17) is 17.3 Å². The van der Waals surface area contributed by atoms with Crippen molar-refractivity contribution in [2.75, 3.05) is 0 Å². The van der Waals surface area contributed by atoms with Gasteiger partial charge >= 0.3 is 0 Å². The highest BCUT2D eigenvalue weighted by Gasteiger charge is 2.26. The molecule has 0 unspecified atom stereocenters. The fourth-order valence-electron chi connectivity index (χ4n) is 2.60. The molecule has 1 aromatic rings. The lowest BCUT2D eigenvalue weighted by molar-refractivity contribution is 0.373. The van der Waals surface area contributed by atoms with Crippen molar-refractivity contribution in [2.45, 2.75) is 62.4 Å². The van der Waals surface area contributed by atoms with Crippen LogP contribution in [0.1, 0.15) is 51.0 Å². The predicted molar refractivity (Wildman–Crippen MR) is 86.1 cm³/mol. The molecule has 3 N–H and O–H groups in total. The second-order valence-electron chi connectivity index (χ2n) is 6.08. The number of sulfonamides is 1. The van der Waals surface area contributed by atoms with Gasteiger partial charge < -0.3 is 5.73 Å². The van der Waals surface area contributed by atoms with E-state index in [9.17, 15) is 8.42 Å². The molecule has 4 nitrogen and oxygen atoms in total. The van der Waals surface area contributed by atoms with Gasteiger partial charge in [0, 0.05) is 12.1 Å². The molecule has 0 amide bonds. The van der Waals surface area contributed by atoms with Crippen molar-refractivity contribution in [3.05, 3.63) is 28.8 Å². The molecule has 0 radical (unpaired) electrons. The third kappa shape index (κ3) is 4.19. The summed E-state index contributed by atoms with van der Waals surface area (Å²) in [5, 5.41) is 0.263. The summed E-state index contributed by atoms with van der Waals surface area (Å²) in [7, 11) is -3.59. The van der Waals surface area contributed by atoms with Gasteiger partial charge in [-0.25, -0.2) is 13.1 Å². The minimum atomic E-state index is -3.59. The first-order chi connectivity index (χ1) is 9.79. The van der Waals surface area contributed by atoms with Crippen LogP contribution in [0, 0.1) is 0 Å². The number of nitrogens with two attached hydrogens (primary N) is 1. The molecule has 1 fully saturated rings. The molecule has 0 aliphatic heterocycles. The Morgan fingerprint density at radius 1 is 1.24 bits per heavy atom. The molecule has 0 atom stereocenters. The SMILES string of the molecule is CC(C)c1ccc(Cl)c(S(=O)(=O)NC2CCC(N)CC2)c1. The third-order valence-electron chi connectivity index (χ3n) is 4.01. The lowest BCUT2D eigenvalue weighted by Crippen LogP contribution is -2.40. The quantitative estimate of drug-likeness (QED) is 0.891. The summed E-state index contributed by atoms with van der Waals surface area (Å²) in [5.74, 6) is 0.254. The van der Waals surface area contributed by atoms with Gasteiger partial charge in [-0.1, -0.05) is 31.5 Å². The van der Waals surface area contributed by atoms with Crippen LogP contribution in [0.2, 0.25) is 5.02 Å². The van der Waals surface area contributed by atoms with Crippen LogP contribution in [0.4, 0.5) is 0 Å². The summed E-state index contributed by atoms with van der Waals surface area (Å²) < 4.78 is 27.9. The van der Waals surface area contributed by atoms with Crippen molar-refractivity contribution < 1.29 is 8.42 Å². The molecule has 0 aromatic heterocycles. The highest BCUT2D eigenvalue weighted by Crippen LogP contribution is 2.27. The monoisotopic (exact) mass is 330 g/mol. The van der Waals surface area contributed by atoms with E-state index in [-0.39, 0.29) is 27.9 Å². The van der Waals surface area contributed by atoms with Crippen molar-refractivity contribution in [3.63, 3.8) is 0 Å². The van der Waals surface area contributed by atoms with E-state index in [1.807, 2.05) is 19.9 Å². The van der Waals surface area contributed by atoms with Gasteiger partial charge in [0.05, 0.1) is 5.02 Å². The van der Waals surface area contributed by atoms with Gasteiger partial charge in [0.15, 0.2) is 0 Å². The van der Waals surface area contributed by atoms with E-state index in [2.05, 4.69) is 4.72 Å². The fourth-order valence-corrected chi connectivity index (χ4v) is 4.44. The van der Waals surface area contributed by atoms with Gasteiger partial charge in [0.2, 0.25) is 10.0 Å². The van der Waals surface area contributed by atoms with E-state index in [0.29, 0.717) is 0 Å². The molecule has 1 aromatic carbocycles. The van der Waals surface area contributed by atoms with E-state index in [1.165, 1.54) is 0 Å². The Labute approximate surface area is 132 Å². The third-order valence-corrected chi connectivity index (χ3v) is 6.01. The second-order valence-corrected chi connectivity index (χ2v) is 8.17. The van der Waals surface area contributed by atoms with Crippen LogP contribution in [-0.4, -0.2) is 20.5 Å². The number of hydrogen-bond donors (Lipinski definition) is 2. The van der Waals surface area contributed by atoms with Crippen molar-refractivity contribution in [1.29, 1.82) is 0 Å². The predicted octanol–water partition coefficient (Wildman–Crippen LogP) is 3.01. The van der Waals surface area contributed by atoms with E-state index < -0.39 is 10.0 Å². The number of rotatable bonds is 4. The molecule has 0 heterocycles. The number of halogens is 1. The van der Waals surface area contributed by atoms with Gasteiger partial charge in [-0.15, -0.1) is 0 Å². The molecule has 0 bridgehead atoms. The molecule has 0 spiro atoms. The summed E-state index contributed by atoms with van der Waals surface area (Å²) in [6.45, 7) is 4.05. The second kappa shape index (κ2) is 6.65. The lowest BCUT2D eigenvalue weighted by Gasteiger charge is -2.26. The molecule has 6 heteroatoms. The summed E-state index contributed by atoms with van der Waals surface area (Å²) in [4.78, 5) is 0.172. The smallest absolute Gasteiger partial charge is 0.242 e. The van der Waals surface area contributed by atoms with Gasteiger partial charge in [-0.05, 0) is 49.3 Å². The summed E-state index contributed by atoms with van der Waals surface area (Å²) >= 11 is 6.09. The molecule has 1 aliphatic rings. The van der Waals surface area contributed by atoms with Crippen LogP contribution in [-0.2, 0) is 10.0 Å². The molecular formula is C15H23ClN2O2S. The van der Waals surface area contributed by atoms with Gasteiger partial charge in [-0.2, -0.15) is 0 Å². The first-order valence-electron chi connectivity index (χ1n) is 7.37. The average molecular weight is 331 g/mol. The normalized spacial score (nSPS) is 23.5. The summed E-state index contributed by atoms with van der Waals surface area (Å²) in [5.41, 5.74) is 6.81. The molecule has 0 saturated heterocycles. The van der Waals surface area contributed by atoms with Crippen LogP contribution >= 0.6 is 11.6 Å². The molecule has 2 rings (SSSR count). The molecule has 21 heavy (non-hydrogen) atoms. The summed E-state index contributed by atoms with van der Waals surface area (Å²) in [6, 6.07) is 5.34. The number of benzene rings is 1. The highest BCUT2D eigenvalue weighted by atomic mass is 35.5. The topological polar surface area (TPSA) is 72.2 Å². The van der Waals surface area contributed by atoms with E-state index in [1.54, 1.807) is 12.1 Å². The zero-order chi connectivity index (χ0) is 15.6. The maximum atomic E-state index is 12.6. The Balaban J connectivity index is 2.21. The van der Waals surface area contributed by atoms with Crippen LogP contribution < -0.4 is 10.5 Å². The number of hydrogen-bond acceptors (Lipinski definition) is 3. The standard InChI is InChI=1S/C15H23ClN2O2S/c1-10(2)11-3-8-14(16)15(9-11)21(19,20)18-13-6-4-12(17)5-7-13/h3,8-10,12-13,18H,4-7,17H2,1-2H3. The highest BCUT2D eigenvalue weighted by molar-refractivity contribution is 7.89. The minimum absolute atomic E-state index is 0.0476. The molecule has 1 aliphatic carbocycles. The largest absolute Gasteiger partial charge is 0.328 e. The van der Waals surface area contributed by atoms with Crippen molar-refractivity contribution in [2.24, 2.45) is 5.73 Å². The Morgan fingerprint density at radius 2 is 1.86 bits per heavy atom. The van der Waals surface area contributed by atoms with Crippen molar-refractivity contribution in [3.8, 4) is 0 Å². The zero-order valence-electron chi connectivity index (χ0n) is 12.5. The van der Waals surface area contributed by atoms with Crippen LogP contribution in [0.25, 0.3) is 0 Å². The lowest BCUT2D eigenvalue weighted by atomic mass is 9.93. The Hall–Kier alpha value is -0.620. The van der Waals surface area contributed by atoms with Crippen LogP contribution in [0.3, 0.4) is 0 Å². The Bertz CT molecular complexity index is 594. The molecule has 118 valence electrons. The van der Waals surface area contributed by atoms with Gasteiger partial charge in [0.1, 0.15) is 4.90 Å². The van der Waals surface area contributed by atoms with Crippen molar-refractivity contribution in [1.82, 2.24) is 4.72 Å². The fraction of sp³-hybridized carbons (Fsp3) is 0.600. The maximum Gasteiger partial charge on any atom is 0.242 e. The van der Waals surface area contributed by atoms with Crippen molar-refractivity contribution >= 4 is 21.6 Å². The van der Waals surface area contributed by atoms with Gasteiger partial charge in [0.25, 0.3) is 0 Å². The Kier molecular flexibility index (Phi) is 5.30. The molecule has 1 saturated carbocycles. The van der Waals surface area contributed by atoms with Gasteiger partial charge in [-0.3, -0.25) is 0 Å². The zero-order valence-corrected chi connectivity index (χ0v) is 14.0. The summed E-state index contributed by atoms with van der Waals surface area (Å²) in [6.07, 6.45) is 3.27. The van der Waals surface area contributed by atoms with Crippen LogP contribution in [0.15, 0.2) is 23.1 Å². The first kappa shape index (κ1) is 16.7. The maximum absolute atomic E-state index is 12.6. The first-order valence-corrected chi connectivity index (χ1v) is 9.23. The average Bonchev–Trinajstić information content (AvgIpc) is 2.41. The van der Waals surface area contributed by atoms with Crippen LogP contribution in [0.5, 0.6) is 0 Å². The Morgan fingerprint density at radius 3 is 2.43 bits per heavy atom. The van der Waals surface area contributed by atoms with E-state index in [0.717, 1.165) is 31.2 Å². The minimum Gasteiger partial charge on any atom is -0.328 e. The number of nitrogens with one attached hydrogen (secondary N) is 1. The van der Waals surface area contributed by atoms with E-state index >= 15 is 0 Å².